The first-order valence-electron chi connectivity index (χ1n) is 5.60. The second-order valence-corrected chi connectivity index (χ2v) is 5.50. The van der Waals surface area contributed by atoms with E-state index in [0.717, 1.165) is 5.56 Å². The van der Waals surface area contributed by atoms with Gasteiger partial charge in [0.15, 0.2) is 0 Å². The highest BCUT2D eigenvalue weighted by Gasteiger charge is 2.08. The van der Waals surface area contributed by atoms with Crippen LogP contribution in [0.3, 0.4) is 0 Å². The van der Waals surface area contributed by atoms with Gasteiger partial charge in [0.1, 0.15) is 12.4 Å². The third-order valence-electron chi connectivity index (χ3n) is 2.30. The number of rotatable bonds is 7. The third-order valence-corrected chi connectivity index (χ3v) is 3.70. The zero-order chi connectivity index (χ0) is 12.7. The molecule has 2 unspecified atom stereocenters. The largest absolute Gasteiger partial charge is 0.491 e. The minimum atomic E-state index is -0.967. The molecule has 2 atom stereocenters. The predicted molar refractivity (Wildman–Crippen MR) is 69.4 cm³/mol. The van der Waals surface area contributed by atoms with Crippen LogP contribution in [0.15, 0.2) is 24.3 Å². The van der Waals surface area contributed by atoms with Gasteiger partial charge in [0.05, 0.1) is 11.9 Å². The maximum Gasteiger partial charge on any atom is 0.119 e. The lowest BCUT2D eigenvalue weighted by Crippen LogP contribution is -2.24. The van der Waals surface area contributed by atoms with E-state index in [-0.39, 0.29) is 12.4 Å². The van der Waals surface area contributed by atoms with Crippen molar-refractivity contribution >= 4 is 10.8 Å². The van der Waals surface area contributed by atoms with E-state index in [1.165, 1.54) is 0 Å². The Labute approximate surface area is 104 Å². The summed E-state index contributed by atoms with van der Waals surface area (Å²) < 4.78 is 16.6. The van der Waals surface area contributed by atoms with Gasteiger partial charge in [-0.3, -0.25) is 4.21 Å². The Hall–Kier alpha value is -0.910. The summed E-state index contributed by atoms with van der Waals surface area (Å²) in [7, 11) is -0.967. The molecule has 1 rings (SSSR count). The van der Waals surface area contributed by atoms with Gasteiger partial charge in [0, 0.05) is 23.1 Å². The van der Waals surface area contributed by atoms with Crippen molar-refractivity contribution in [1.82, 2.24) is 0 Å². The van der Waals surface area contributed by atoms with Crippen LogP contribution >= 0.6 is 0 Å². The molecule has 4 nitrogen and oxygen atoms in total. The lowest BCUT2D eigenvalue weighted by atomic mass is 10.2. The molecule has 0 saturated carbocycles. The van der Waals surface area contributed by atoms with Crippen LogP contribution in [0.2, 0.25) is 0 Å². The van der Waals surface area contributed by atoms with Gasteiger partial charge >= 0.3 is 0 Å². The lowest BCUT2D eigenvalue weighted by Gasteiger charge is -2.11. The minimum absolute atomic E-state index is 0.160. The summed E-state index contributed by atoms with van der Waals surface area (Å²) in [4.78, 5) is 0. The molecule has 0 fully saturated rings. The maximum atomic E-state index is 11.2. The van der Waals surface area contributed by atoms with Gasteiger partial charge in [0.2, 0.25) is 0 Å². The number of hydrogen-bond donors (Lipinski definition) is 2. The number of ether oxygens (including phenoxy) is 1. The molecule has 0 aliphatic heterocycles. The SMILES string of the molecule is CCS(=O)CC(O)COc1ccc(CN)cc1. The molecule has 0 heterocycles. The Kier molecular flexibility index (Phi) is 6.18. The molecule has 1 aromatic rings. The Bertz CT molecular complexity index is 353. The molecule has 0 bridgehead atoms. The van der Waals surface area contributed by atoms with E-state index >= 15 is 0 Å². The second kappa shape index (κ2) is 7.42. The van der Waals surface area contributed by atoms with Crippen LogP contribution < -0.4 is 10.5 Å². The molecule has 0 aliphatic rings. The molecule has 0 aromatic heterocycles. The van der Waals surface area contributed by atoms with Gasteiger partial charge in [-0.2, -0.15) is 0 Å². The van der Waals surface area contributed by atoms with Crippen molar-refractivity contribution in [3.05, 3.63) is 29.8 Å². The Morgan fingerprint density at radius 2 is 2.06 bits per heavy atom. The quantitative estimate of drug-likeness (QED) is 0.752. The number of hydrogen-bond acceptors (Lipinski definition) is 4. The fourth-order valence-electron chi connectivity index (χ4n) is 1.29. The molecule has 0 amide bonds. The van der Waals surface area contributed by atoms with Gasteiger partial charge in [0.25, 0.3) is 0 Å². The highest BCUT2D eigenvalue weighted by atomic mass is 32.2. The molecular weight excluding hydrogens is 238 g/mol. The van der Waals surface area contributed by atoms with E-state index in [9.17, 15) is 9.32 Å². The van der Waals surface area contributed by atoms with E-state index in [1.807, 2.05) is 31.2 Å². The maximum absolute atomic E-state index is 11.2. The molecule has 0 radical (unpaired) electrons. The van der Waals surface area contributed by atoms with Crippen LogP contribution in [0.1, 0.15) is 12.5 Å². The molecule has 5 heteroatoms. The first-order chi connectivity index (χ1) is 8.15. The van der Waals surface area contributed by atoms with Crippen molar-refractivity contribution in [3.8, 4) is 5.75 Å². The minimum Gasteiger partial charge on any atom is -0.491 e. The van der Waals surface area contributed by atoms with E-state index in [1.54, 1.807) is 0 Å². The number of aliphatic hydroxyl groups excluding tert-OH is 1. The summed E-state index contributed by atoms with van der Waals surface area (Å²) >= 11 is 0. The first kappa shape index (κ1) is 14.2. The number of benzene rings is 1. The molecule has 3 N–H and O–H groups in total. The summed E-state index contributed by atoms with van der Waals surface area (Å²) in [5.41, 5.74) is 6.51. The average molecular weight is 257 g/mol. The van der Waals surface area contributed by atoms with Gasteiger partial charge in [-0.05, 0) is 17.7 Å². The highest BCUT2D eigenvalue weighted by Crippen LogP contribution is 2.12. The average Bonchev–Trinajstić information content (AvgIpc) is 2.36. The zero-order valence-corrected chi connectivity index (χ0v) is 10.8. The van der Waals surface area contributed by atoms with E-state index in [0.29, 0.717) is 18.0 Å². The van der Waals surface area contributed by atoms with Crippen LogP contribution in [-0.2, 0) is 17.3 Å². The zero-order valence-electron chi connectivity index (χ0n) is 9.96. The van der Waals surface area contributed by atoms with Gasteiger partial charge < -0.3 is 15.6 Å². The van der Waals surface area contributed by atoms with Crippen LogP contribution in [0.25, 0.3) is 0 Å². The summed E-state index contributed by atoms with van der Waals surface area (Å²) in [6.07, 6.45) is -0.690. The van der Waals surface area contributed by atoms with Crippen LogP contribution in [0, 0.1) is 0 Å². The molecule has 0 aliphatic carbocycles. The standard InChI is InChI=1S/C12H19NO3S/c1-2-17(15)9-11(14)8-16-12-5-3-10(7-13)4-6-12/h3-6,11,14H,2,7-9,13H2,1H3. The summed E-state index contributed by atoms with van der Waals surface area (Å²) in [6.45, 7) is 2.49. The summed E-state index contributed by atoms with van der Waals surface area (Å²) in [5.74, 6) is 1.50. The Balaban J connectivity index is 2.36. The molecule has 17 heavy (non-hydrogen) atoms. The number of nitrogens with two attached hydrogens (primary N) is 1. The van der Waals surface area contributed by atoms with Gasteiger partial charge in [-0.1, -0.05) is 19.1 Å². The second-order valence-electron chi connectivity index (χ2n) is 3.71. The normalized spacial score (nSPS) is 14.3. The number of aliphatic hydroxyl groups is 1. The van der Waals surface area contributed by atoms with E-state index < -0.39 is 16.9 Å². The third kappa shape index (κ3) is 5.30. The monoisotopic (exact) mass is 257 g/mol. The van der Waals surface area contributed by atoms with E-state index in [2.05, 4.69) is 0 Å². The van der Waals surface area contributed by atoms with Gasteiger partial charge in [-0.15, -0.1) is 0 Å². The molecular formula is C12H19NO3S. The van der Waals surface area contributed by atoms with Crippen molar-refractivity contribution in [3.63, 3.8) is 0 Å². The molecule has 0 saturated heterocycles. The highest BCUT2D eigenvalue weighted by molar-refractivity contribution is 7.84. The fourth-order valence-corrected chi connectivity index (χ4v) is 2.06. The topological polar surface area (TPSA) is 72.5 Å². The van der Waals surface area contributed by atoms with Crippen molar-refractivity contribution in [2.45, 2.75) is 19.6 Å². The lowest BCUT2D eigenvalue weighted by molar-refractivity contribution is 0.125. The summed E-state index contributed by atoms with van der Waals surface area (Å²) in [6, 6.07) is 7.38. The Morgan fingerprint density at radius 1 is 1.41 bits per heavy atom. The van der Waals surface area contributed by atoms with Crippen molar-refractivity contribution in [1.29, 1.82) is 0 Å². The van der Waals surface area contributed by atoms with E-state index in [4.69, 9.17) is 10.5 Å². The fraction of sp³-hybridized carbons (Fsp3) is 0.500. The first-order valence-corrected chi connectivity index (χ1v) is 7.09. The van der Waals surface area contributed by atoms with Crippen LogP contribution in [-0.4, -0.2) is 33.5 Å². The summed E-state index contributed by atoms with van der Waals surface area (Å²) in [5, 5.41) is 9.57. The van der Waals surface area contributed by atoms with Crippen molar-refractivity contribution in [2.75, 3.05) is 18.1 Å². The van der Waals surface area contributed by atoms with Crippen LogP contribution in [0.4, 0.5) is 0 Å². The Morgan fingerprint density at radius 3 is 2.59 bits per heavy atom. The van der Waals surface area contributed by atoms with Crippen molar-refractivity contribution < 1.29 is 14.1 Å². The smallest absolute Gasteiger partial charge is 0.119 e. The predicted octanol–water partition coefficient (Wildman–Crippen LogP) is 0.654. The van der Waals surface area contributed by atoms with Crippen molar-refractivity contribution in [2.24, 2.45) is 5.73 Å². The van der Waals surface area contributed by atoms with Crippen LogP contribution in [0.5, 0.6) is 5.75 Å². The molecule has 96 valence electrons. The molecule has 1 aromatic carbocycles. The molecule has 0 spiro atoms. The van der Waals surface area contributed by atoms with Gasteiger partial charge in [-0.25, -0.2) is 0 Å².